The van der Waals surface area contributed by atoms with E-state index in [0.717, 1.165) is 55.9 Å². The van der Waals surface area contributed by atoms with Gasteiger partial charge in [0.15, 0.2) is 5.58 Å². The topological polar surface area (TPSA) is 64.2 Å². The molecule has 130 valence electrons. The predicted octanol–water partition coefficient (Wildman–Crippen LogP) is 2.40. The molecule has 0 amide bonds. The van der Waals surface area contributed by atoms with Gasteiger partial charge in [-0.1, -0.05) is 19.1 Å². The van der Waals surface area contributed by atoms with Crippen molar-refractivity contribution in [2.75, 3.05) is 13.1 Å². The highest BCUT2D eigenvalue weighted by atomic mass is 16.4. The molecule has 0 saturated heterocycles. The van der Waals surface area contributed by atoms with Gasteiger partial charge in [-0.15, -0.1) is 0 Å². The number of fused-ring (bicyclic) bond motifs is 2. The number of hydrogen-bond donors (Lipinski definition) is 0. The molecule has 0 saturated carbocycles. The summed E-state index contributed by atoms with van der Waals surface area (Å²) < 4.78 is 7.02. The number of aromatic nitrogens is 3. The van der Waals surface area contributed by atoms with Crippen LogP contribution in [0.1, 0.15) is 30.4 Å². The SMILES string of the molecule is CCc1ncc2c(n1)CN(CCCn1c(=O)oc3ccccc31)CC2. The van der Waals surface area contributed by atoms with E-state index in [1.165, 1.54) is 5.56 Å². The van der Waals surface area contributed by atoms with E-state index in [0.29, 0.717) is 12.1 Å². The quantitative estimate of drug-likeness (QED) is 0.715. The molecule has 0 atom stereocenters. The minimum Gasteiger partial charge on any atom is -0.408 e. The molecule has 1 aliphatic heterocycles. The average molecular weight is 338 g/mol. The molecule has 0 aliphatic carbocycles. The van der Waals surface area contributed by atoms with Crippen LogP contribution < -0.4 is 5.76 Å². The van der Waals surface area contributed by atoms with Gasteiger partial charge in [0.2, 0.25) is 0 Å². The molecule has 0 fully saturated rings. The van der Waals surface area contributed by atoms with E-state index in [2.05, 4.69) is 21.8 Å². The summed E-state index contributed by atoms with van der Waals surface area (Å²) in [5, 5.41) is 0. The van der Waals surface area contributed by atoms with Crippen LogP contribution in [-0.4, -0.2) is 32.5 Å². The van der Waals surface area contributed by atoms with Crippen LogP contribution in [0.3, 0.4) is 0 Å². The van der Waals surface area contributed by atoms with Gasteiger partial charge in [-0.25, -0.2) is 14.8 Å². The maximum Gasteiger partial charge on any atom is 0.419 e. The molecule has 0 unspecified atom stereocenters. The van der Waals surface area contributed by atoms with Crippen molar-refractivity contribution in [3.8, 4) is 0 Å². The lowest BCUT2D eigenvalue weighted by molar-refractivity contribution is 0.241. The van der Waals surface area contributed by atoms with Gasteiger partial charge in [-0.2, -0.15) is 0 Å². The number of nitrogens with zero attached hydrogens (tertiary/aromatic N) is 4. The lowest BCUT2D eigenvalue weighted by Gasteiger charge is -2.27. The summed E-state index contributed by atoms with van der Waals surface area (Å²) in [5.41, 5.74) is 3.95. The van der Waals surface area contributed by atoms with Crippen molar-refractivity contribution in [2.45, 2.75) is 39.3 Å². The zero-order valence-electron chi connectivity index (χ0n) is 14.4. The molecule has 3 aromatic rings. The Hall–Kier alpha value is -2.47. The molecule has 0 N–H and O–H groups in total. The fourth-order valence-electron chi connectivity index (χ4n) is 3.44. The molecule has 0 radical (unpaired) electrons. The highest BCUT2D eigenvalue weighted by Gasteiger charge is 2.18. The molecule has 6 heteroatoms. The van der Waals surface area contributed by atoms with Gasteiger partial charge < -0.3 is 4.42 Å². The number of hydrogen-bond acceptors (Lipinski definition) is 5. The number of para-hydroxylation sites is 2. The van der Waals surface area contributed by atoms with Crippen molar-refractivity contribution in [3.63, 3.8) is 0 Å². The smallest absolute Gasteiger partial charge is 0.408 e. The molecule has 0 spiro atoms. The van der Waals surface area contributed by atoms with Crippen LogP contribution in [-0.2, 0) is 25.9 Å². The number of oxazole rings is 1. The van der Waals surface area contributed by atoms with Crippen molar-refractivity contribution < 1.29 is 4.42 Å². The highest BCUT2D eigenvalue weighted by Crippen LogP contribution is 2.17. The molecular formula is C19H22N4O2. The summed E-state index contributed by atoms with van der Waals surface area (Å²) in [6.07, 6.45) is 4.75. The third-order valence-electron chi connectivity index (χ3n) is 4.82. The predicted molar refractivity (Wildman–Crippen MR) is 95.5 cm³/mol. The average Bonchev–Trinajstić information content (AvgIpc) is 2.96. The number of rotatable bonds is 5. The van der Waals surface area contributed by atoms with Crippen molar-refractivity contribution >= 4 is 11.1 Å². The van der Waals surface area contributed by atoms with Crippen LogP contribution in [0.15, 0.2) is 39.7 Å². The molecule has 1 aliphatic rings. The minimum absolute atomic E-state index is 0.273. The second-order valence-corrected chi connectivity index (χ2v) is 6.48. The molecule has 25 heavy (non-hydrogen) atoms. The standard InChI is InChI=1S/C19H22N4O2/c1-2-18-20-12-14-8-11-22(13-15(14)21-18)9-5-10-23-16-6-3-4-7-17(16)25-19(23)24/h3-4,6-7,12H,2,5,8-11,13H2,1H3. The Bertz CT molecular complexity index is 944. The van der Waals surface area contributed by atoms with E-state index >= 15 is 0 Å². The Labute approximate surface area is 146 Å². The first-order valence-corrected chi connectivity index (χ1v) is 8.89. The first kappa shape index (κ1) is 16.0. The van der Waals surface area contributed by atoms with E-state index < -0.39 is 0 Å². The molecule has 0 bridgehead atoms. The lowest BCUT2D eigenvalue weighted by atomic mass is 10.1. The Kier molecular flexibility index (Phi) is 4.36. The second-order valence-electron chi connectivity index (χ2n) is 6.48. The van der Waals surface area contributed by atoms with Gasteiger partial charge in [0, 0.05) is 38.8 Å². The monoisotopic (exact) mass is 338 g/mol. The number of aryl methyl sites for hydroxylation is 2. The maximum atomic E-state index is 12.0. The minimum atomic E-state index is -0.273. The Morgan fingerprint density at radius 3 is 3.00 bits per heavy atom. The van der Waals surface area contributed by atoms with E-state index in [4.69, 9.17) is 4.42 Å². The Morgan fingerprint density at radius 2 is 2.12 bits per heavy atom. The zero-order valence-corrected chi connectivity index (χ0v) is 14.4. The third kappa shape index (κ3) is 3.22. The van der Waals surface area contributed by atoms with Crippen LogP contribution >= 0.6 is 0 Å². The fourth-order valence-corrected chi connectivity index (χ4v) is 3.44. The Balaban J connectivity index is 1.40. The molecular weight excluding hydrogens is 316 g/mol. The molecule has 6 nitrogen and oxygen atoms in total. The first-order valence-electron chi connectivity index (χ1n) is 8.89. The molecule has 1 aromatic carbocycles. The van der Waals surface area contributed by atoms with Gasteiger partial charge in [0.1, 0.15) is 5.82 Å². The van der Waals surface area contributed by atoms with E-state index in [1.54, 1.807) is 4.57 Å². The third-order valence-corrected chi connectivity index (χ3v) is 4.82. The van der Waals surface area contributed by atoms with Crippen LogP contribution in [0.2, 0.25) is 0 Å². The summed E-state index contributed by atoms with van der Waals surface area (Å²) in [5.74, 6) is 0.641. The summed E-state index contributed by atoms with van der Waals surface area (Å²) in [7, 11) is 0. The Morgan fingerprint density at radius 1 is 1.24 bits per heavy atom. The molecule has 2 aromatic heterocycles. The van der Waals surface area contributed by atoms with E-state index in [9.17, 15) is 4.79 Å². The molecule has 3 heterocycles. The first-order chi connectivity index (χ1) is 12.2. The summed E-state index contributed by atoms with van der Waals surface area (Å²) in [6.45, 7) is 5.57. The van der Waals surface area contributed by atoms with Gasteiger partial charge in [-0.3, -0.25) is 9.47 Å². The lowest BCUT2D eigenvalue weighted by Crippen LogP contribution is -2.33. The van der Waals surface area contributed by atoms with Crippen molar-refractivity contribution in [1.29, 1.82) is 0 Å². The van der Waals surface area contributed by atoms with Crippen molar-refractivity contribution in [1.82, 2.24) is 19.4 Å². The zero-order chi connectivity index (χ0) is 17.2. The van der Waals surface area contributed by atoms with Crippen LogP contribution in [0.4, 0.5) is 0 Å². The van der Waals surface area contributed by atoms with E-state index in [1.807, 2.05) is 30.5 Å². The van der Waals surface area contributed by atoms with Crippen molar-refractivity contribution in [2.24, 2.45) is 0 Å². The normalized spacial score (nSPS) is 14.8. The van der Waals surface area contributed by atoms with Gasteiger partial charge in [0.05, 0.1) is 11.2 Å². The number of benzene rings is 1. The van der Waals surface area contributed by atoms with Gasteiger partial charge in [0.25, 0.3) is 0 Å². The summed E-state index contributed by atoms with van der Waals surface area (Å²) in [6, 6.07) is 7.58. The van der Waals surface area contributed by atoms with Gasteiger partial charge >= 0.3 is 5.76 Å². The van der Waals surface area contributed by atoms with Crippen molar-refractivity contribution in [3.05, 3.63) is 58.1 Å². The second kappa shape index (κ2) is 6.80. The van der Waals surface area contributed by atoms with Crippen LogP contribution in [0.25, 0.3) is 11.1 Å². The largest absolute Gasteiger partial charge is 0.419 e. The van der Waals surface area contributed by atoms with Crippen LogP contribution in [0.5, 0.6) is 0 Å². The maximum absolute atomic E-state index is 12.0. The van der Waals surface area contributed by atoms with E-state index in [-0.39, 0.29) is 5.76 Å². The fraction of sp³-hybridized carbons (Fsp3) is 0.421. The summed E-state index contributed by atoms with van der Waals surface area (Å²) in [4.78, 5) is 23.5. The molecule has 4 rings (SSSR count). The van der Waals surface area contributed by atoms with Crippen LogP contribution in [0, 0.1) is 0 Å². The highest BCUT2D eigenvalue weighted by molar-refractivity contribution is 5.72. The van der Waals surface area contributed by atoms with Gasteiger partial charge in [-0.05, 0) is 30.5 Å². The summed E-state index contributed by atoms with van der Waals surface area (Å²) >= 11 is 0.